The molecule has 0 spiro atoms. The first-order chi connectivity index (χ1) is 15.5. The molecule has 0 aliphatic heterocycles. The number of halogens is 1. The van der Waals surface area contributed by atoms with Gasteiger partial charge >= 0.3 is 0 Å². The van der Waals surface area contributed by atoms with Crippen molar-refractivity contribution in [2.45, 2.75) is 19.8 Å². The van der Waals surface area contributed by atoms with Gasteiger partial charge in [-0.3, -0.25) is 9.59 Å². The molecule has 3 aromatic rings. The molecule has 0 N–H and O–H groups in total. The molecule has 32 heavy (non-hydrogen) atoms. The fourth-order valence-corrected chi connectivity index (χ4v) is 4.30. The van der Waals surface area contributed by atoms with Crippen molar-refractivity contribution in [3.63, 3.8) is 0 Å². The number of fused-ring (bicyclic) bond motifs is 4. The van der Waals surface area contributed by atoms with Crippen molar-refractivity contribution in [1.82, 2.24) is 14.8 Å². The first-order valence-corrected chi connectivity index (χ1v) is 10.3. The Labute approximate surface area is 183 Å². The zero-order chi connectivity index (χ0) is 22.4. The second kappa shape index (κ2) is 7.67. The van der Waals surface area contributed by atoms with E-state index in [-0.39, 0.29) is 29.8 Å². The van der Waals surface area contributed by atoms with Crippen molar-refractivity contribution in [2.75, 3.05) is 7.11 Å². The van der Waals surface area contributed by atoms with Crippen molar-refractivity contribution in [2.24, 2.45) is 5.92 Å². The Kier molecular flexibility index (Phi) is 4.81. The van der Waals surface area contributed by atoms with Gasteiger partial charge in [-0.25, -0.2) is 9.37 Å². The van der Waals surface area contributed by atoms with E-state index in [1.165, 1.54) is 24.1 Å². The maximum atomic E-state index is 14.8. The zero-order valence-corrected chi connectivity index (χ0v) is 17.6. The predicted molar refractivity (Wildman–Crippen MR) is 119 cm³/mol. The van der Waals surface area contributed by atoms with Crippen molar-refractivity contribution in [1.29, 1.82) is 0 Å². The highest BCUT2D eigenvalue weighted by atomic mass is 19.1. The number of rotatable bonds is 2. The third kappa shape index (κ3) is 3.26. The molecule has 1 unspecified atom stereocenters. The number of methoxy groups -OCH3 is 1. The van der Waals surface area contributed by atoms with E-state index in [0.717, 1.165) is 11.1 Å². The summed E-state index contributed by atoms with van der Waals surface area (Å²) in [6, 6.07) is 9.02. The highest BCUT2D eigenvalue weighted by Gasteiger charge is 2.24. The molecule has 0 saturated heterocycles. The highest BCUT2D eigenvalue weighted by Crippen LogP contribution is 2.34. The van der Waals surface area contributed by atoms with Gasteiger partial charge in [-0.05, 0) is 35.3 Å². The number of hydrogen-bond donors (Lipinski definition) is 0. The number of Topliss-reactive ketones (excluding diaryl/α,β-unsaturated/α-hetero) is 1. The fourth-order valence-electron chi connectivity index (χ4n) is 4.30. The second-order valence-electron chi connectivity index (χ2n) is 7.97. The van der Waals surface area contributed by atoms with E-state index in [4.69, 9.17) is 4.74 Å². The van der Waals surface area contributed by atoms with E-state index in [1.807, 2.05) is 25.1 Å². The molecule has 0 saturated carbocycles. The molecular weight excluding hydrogens is 409 g/mol. The van der Waals surface area contributed by atoms with Crippen LogP contribution in [0.25, 0.3) is 28.7 Å². The molecule has 7 heteroatoms. The minimum Gasteiger partial charge on any atom is -0.481 e. The number of nitrogens with zero attached hydrogens (tertiary/aromatic N) is 3. The summed E-state index contributed by atoms with van der Waals surface area (Å²) < 4.78 is 21.2. The van der Waals surface area contributed by atoms with Gasteiger partial charge < -0.3 is 4.74 Å². The summed E-state index contributed by atoms with van der Waals surface area (Å²) in [6.45, 7) is 1.91. The van der Waals surface area contributed by atoms with Gasteiger partial charge in [0.15, 0.2) is 0 Å². The molecule has 0 amide bonds. The van der Waals surface area contributed by atoms with E-state index in [0.29, 0.717) is 28.0 Å². The molecule has 2 heterocycles. The summed E-state index contributed by atoms with van der Waals surface area (Å²) in [5.41, 5.74) is 2.79. The Morgan fingerprint density at radius 3 is 2.78 bits per heavy atom. The molecular formula is C25H20FN3O3. The van der Waals surface area contributed by atoms with E-state index < -0.39 is 11.4 Å². The normalized spacial score (nSPS) is 16.9. The molecule has 1 aromatic carbocycles. The number of hydrogen-bond acceptors (Lipinski definition) is 5. The Morgan fingerprint density at radius 2 is 1.97 bits per heavy atom. The summed E-state index contributed by atoms with van der Waals surface area (Å²) in [7, 11) is 1.53. The quantitative estimate of drug-likeness (QED) is 0.623. The van der Waals surface area contributed by atoms with Crippen LogP contribution in [0.15, 0.2) is 53.5 Å². The van der Waals surface area contributed by atoms with Crippen LogP contribution in [0.2, 0.25) is 0 Å². The van der Waals surface area contributed by atoms with Crippen LogP contribution < -0.4 is 20.7 Å². The zero-order valence-electron chi connectivity index (χ0n) is 17.6. The summed E-state index contributed by atoms with van der Waals surface area (Å²) >= 11 is 0. The third-order valence-electron chi connectivity index (χ3n) is 5.80. The monoisotopic (exact) mass is 429 g/mol. The van der Waals surface area contributed by atoms with Crippen LogP contribution in [-0.2, 0) is 17.6 Å². The summed E-state index contributed by atoms with van der Waals surface area (Å²) in [5.74, 6) is -0.222. The number of allylic oxidation sites excluding steroid dienone is 2. The first kappa shape index (κ1) is 20.1. The van der Waals surface area contributed by atoms with Crippen LogP contribution in [0.4, 0.5) is 4.39 Å². The minimum atomic E-state index is -0.596. The van der Waals surface area contributed by atoms with Crippen LogP contribution in [0.3, 0.4) is 0 Å². The smallest absolute Gasteiger partial charge is 0.282 e. The molecule has 6 nitrogen and oxygen atoms in total. The minimum absolute atomic E-state index is 0.0225. The number of ether oxygens (including phenoxy) is 1. The van der Waals surface area contributed by atoms with Gasteiger partial charge in [0, 0.05) is 29.7 Å². The predicted octanol–water partition coefficient (Wildman–Crippen LogP) is 2.03. The Morgan fingerprint density at radius 1 is 1.12 bits per heavy atom. The largest absolute Gasteiger partial charge is 0.481 e. The molecule has 0 bridgehead atoms. The molecule has 5 rings (SSSR count). The lowest BCUT2D eigenvalue weighted by atomic mass is 9.97. The molecule has 160 valence electrons. The van der Waals surface area contributed by atoms with Gasteiger partial charge in [0.2, 0.25) is 5.88 Å². The van der Waals surface area contributed by atoms with Crippen LogP contribution in [0, 0.1) is 5.92 Å². The van der Waals surface area contributed by atoms with Gasteiger partial charge in [0.25, 0.3) is 5.56 Å². The van der Waals surface area contributed by atoms with Crippen LogP contribution >= 0.6 is 0 Å². The Balaban J connectivity index is 1.79. The van der Waals surface area contributed by atoms with Gasteiger partial charge in [0.1, 0.15) is 11.6 Å². The van der Waals surface area contributed by atoms with Gasteiger partial charge in [0.05, 0.1) is 29.9 Å². The molecule has 2 aliphatic rings. The van der Waals surface area contributed by atoms with E-state index >= 15 is 0 Å². The van der Waals surface area contributed by atoms with E-state index in [1.54, 1.807) is 24.3 Å². The molecule has 2 aliphatic carbocycles. The highest BCUT2D eigenvalue weighted by molar-refractivity contribution is 5.91. The lowest BCUT2D eigenvalue weighted by molar-refractivity contribution is -0.117. The van der Waals surface area contributed by atoms with Crippen molar-refractivity contribution < 1.29 is 13.9 Å². The molecule has 1 atom stereocenters. The number of aromatic nitrogens is 3. The van der Waals surface area contributed by atoms with Crippen LogP contribution in [0.5, 0.6) is 5.88 Å². The lowest BCUT2D eigenvalue weighted by Gasteiger charge is -2.14. The number of carbonyl (C=O) groups excluding carboxylic acids is 1. The van der Waals surface area contributed by atoms with Gasteiger partial charge in [-0.15, -0.1) is 0 Å². The maximum absolute atomic E-state index is 14.8. The average molecular weight is 429 g/mol. The number of pyridine rings is 1. The van der Waals surface area contributed by atoms with E-state index in [2.05, 4.69) is 10.1 Å². The van der Waals surface area contributed by atoms with Gasteiger partial charge in [-0.1, -0.05) is 31.2 Å². The Hall–Kier alpha value is -3.87. The summed E-state index contributed by atoms with van der Waals surface area (Å²) in [4.78, 5) is 30.6. The van der Waals surface area contributed by atoms with Crippen molar-refractivity contribution in [3.05, 3.63) is 80.7 Å². The topological polar surface area (TPSA) is 74.1 Å². The van der Waals surface area contributed by atoms with Crippen LogP contribution in [0.1, 0.15) is 18.2 Å². The Bertz CT molecular complexity index is 1490. The molecule has 0 fully saturated rings. The summed E-state index contributed by atoms with van der Waals surface area (Å²) in [6.07, 6.45) is 6.60. The lowest BCUT2D eigenvalue weighted by Crippen LogP contribution is -2.46. The third-order valence-corrected chi connectivity index (χ3v) is 5.80. The summed E-state index contributed by atoms with van der Waals surface area (Å²) in [5, 5.41) is 4.77. The molecule has 2 aromatic heterocycles. The van der Waals surface area contributed by atoms with Crippen LogP contribution in [-0.4, -0.2) is 27.7 Å². The molecule has 0 radical (unpaired) electrons. The number of carbonyl (C=O) groups is 1. The SMILES string of the molecule is COc1ccc2c(n1)CC(=O)Cc1c-2cccc1-n1ncc2c(c1=O)=C(F)C=CC(C)C=2. The second-order valence-corrected chi connectivity index (χ2v) is 7.97. The van der Waals surface area contributed by atoms with Crippen molar-refractivity contribution in [3.8, 4) is 22.7 Å². The maximum Gasteiger partial charge on any atom is 0.282 e. The van der Waals surface area contributed by atoms with Gasteiger partial charge in [-0.2, -0.15) is 9.78 Å². The number of benzene rings is 1. The average Bonchev–Trinajstić information content (AvgIpc) is 3.02. The van der Waals surface area contributed by atoms with E-state index in [9.17, 15) is 14.0 Å². The first-order valence-electron chi connectivity index (χ1n) is 10.3. The number of ketones is 1. The standard InChI is InChI=1S/C25H20FN3O3/c1-14-6-8-20(26)24-15(10-14)13-27-29(25(24)31)22-5-3-4-17-18-7-9-23(32-2)28-21(18)12-16(30)11-19(17)22/h3-10,13-14H,11-12H2,1-2H3. The van der Waals surface area contributed by atoms with Crippen molar-refractivity contribution >= 4 is 17.7 Å². The fraction of sp³-hybridized carbons (Fsp3) is 0.200.